The van der Waals surface area contributed by atoms with Crippen LogP contribution in [0.25, 0.3) is 0 Å². The van der Waals surface area contributed by atoms with E-state index in [-0.39, 0.29) is 32.0 Å². The molecular weight excluding hydrogens is 1180 g/mol. The molecule has 0 aromatic heterocycles. The minimum absolute atomic E-state index is 0.0348. The van der Waals surface area contributed by atoms with E-state index in [0.717, 1.165) is 116 Å². The Bertz CT molecular complexity index is 2100. The quantitative estimate of drug-likeness (QED) is 0.0195. The van der Waals surface area contributed by atoms with E-state index in [1.54, 1.807) is 0 Å². The van der Waals surface area contributed by atoms with Crippen molar-refractivity contribution >= 4 is 19.8 Å². The zero-order valence-electron chi connectivity index (χ0n) is 61.4. The summed E-state index contributed by atoms with van der Waals surface area (Å²) in [5.41, 5.74) is 0. The summed E-state index contributed by atoms with van der Waals surface area (Å²) < 4.78 is 34.4. The van der Waals surface area contributed by atoms with E-state index in [2.05, 4.69) is 160 Å². The second-order valence-electron chi connectivity index (χ2n) is 26.6. The van der Waals surface area contributed by atoms with Crippen LogP contribution in [0.5, 0.6) is 0 Å². The maximum absolute atomic E-state index is 12.9. The zero-order valence-corrected chi connectivity index (χ0v) is 62.3. The molecule has 0 rings (SSSR count). The number of carbonyl (C=O) groups is 2. The smallest absolute Gasteiger partial charge is 0.306 e. The third-order valence-corrected chi connectivity index (χ3v) is 17.3. The topological polar surface area (TPSA) is 111 Å². The number of allylic oxidation sites excluding steroid dienone is 24. The fraction of sp³-hybridized carbons (Fsp3) is 0.690. The third kappa shape index (κ3) is 76.9. The molecule has 0 heterocycles. The monoisotopic (exact) mass is 1330 g/mol. The van der Waals surface area contributed by atoms with E-state index in [9.17, 15) is 19.0 Å². The molecule has 0 fully saturated rings. The lowest BCUT2D eigenvalue weighted by atomic mass is 10.0. The van der Waals surface area contributed by atoms with E-state index < -0.39 is 26.5 Å². The molecule has 2 unspecified atom stereocenters. The van der Waals surface area contributed by atoms with Crippen LogP contribution in [0.15, 0.2) is 146 Å². The molecule has 9 nitrogen and oxygen atoms in total. The van der Waals surface area contributed by atoms with Crippen LogP contribution in [0.4, 0.5) is 0 Å². The predicted octanol–water partition coefficient (Wildman–Crippen LogP) is 25.1. The molecule has 0 bridgehead atoms. The van der Waals surface area contributed by atoms with Crippen molar-refractivity contribution in [2.75, 3.05) is 47.5 Å². The fourth-order valence-corrected chi connectivity index (χ4v) is 11.3. The van der Waals surface area contributed by atoms with Crippen LogP contribution in [0.1, 0.15) is 322 Å². The molecule has 94 heavy (non-hydrogen) atoms. The number of phosphoric acid groups is 1. The maximum atomic E-state index is 12.9. The Morgan fingerprint density at radius 3 is 0.851 bits per heavy atom. The van der Waals surface area contributed by atoms with E-state index in [0.29, 0.717) is 17.4 Å². The van der Waals surface area contributed by atoms with Crippen molar-refractivity contribution in [2.45, 2.75) is 328 Å². The summed E-state index contributed by atoms with van der Waals surface area (Å²) in [6.45, 7) is 4.04. The second-order valence-corrected chi connectivity index (χ2v) is 28.0. The molecule has 0 saturated heterocycles. The van der Waals surface area contributed by atoms with Crippen LogP contribution in [0.2, 0.25) is 0 Å². The average Bonchev–Trinajstić information content (AvgIpc) is 1.56. The van der Waals surface area contributed by atoms with Gasteiger partial charge in [-0.2, -0.15) is 0 Å². The van der Waals surface area contributed by atoms with Crippen molar-refractivity contribution < 1.29 is 42.1 Å². The third-order valence-electron chi connectivity index (χ3n) is 16.4. The van der Waals surface area contributed by atoms with Crippen LogP contribution in [-0.2, 0) is 32.7 Å². The number of likely N-dealkylation sites (N-methyl/N-ethyl adjacent to an activating group) is 1. The van der Waals surface area contributed by atoms with Crippen molar-refractivity contribution in [3.05, 3.63) is 146 Å². The number of phosphoric ester groups is 1. The van der Waals surface area contributed by atoms with E-state index in [4.69, 9.17) is 18.5 Å². The SMILES string of the molecule is CC/C=C\C/C=C\C/C=C\C/C=C\C/C=C\C/C=C\C/C=C\CCCCCCCCCCCCCCCCCC(=O)OC(COC(=O)CCCCCCCCCCCCCCCCCCC/C=C\C/C=C\C/C=C\C/C=C\C/C=C\CC)COP(=O)([O-])OCC[N+](C)(C)C. The summed E-state index contributed by atoms with van der Waals surface area (Å²) in [4.78, 5) is 38.2. The minimum atomic E-state index is -4.65. The Morgan fingerprint density at radius 2 is 0.574 bits per heavy atom. The van der Waals surface area contributed by atoms with E-state index in [1.807, 2.05) is 21.1 Å². The molecule has 0 spiro atoms. The van der Waals surface area contributed by atoms with Crippen molar-refractivity contribution in [3.63, 3.8) is 0 Å². The van der Waals surface area contributed by atoms with Crippen molar-refractivity contribution in [1.29, 1.82) is 0 Å². The lowest BCUT2D eigenvalue weighted by Gasteiger charge is -2.28. The summed E-state index contributed by atoms with van der Waals surface area (Å²) in [7, 11) is 1.16. The summed E-state index contributed by atoms with van der Waals surface area (Å²) in [6.07, 6.45) is 108. The van der Waals surface area contributed by atoms with Crippen LogP contribution < -0.4 is 4.89 Å². The number of hydrogen-bond acceptors (Lipinski definition) is 8. The molecule has 0 aromatic carbocycles. The van der Waals surface area contributed by atoms with Crippen LogP contribution in [0, 0.1) is 0 Å². The predicted molar refractivity (Wildman–Crippen MR) is 406 cm³/mol. The van der Waals surface area contributed by atoms with E-state index >= 15 is 0 Å². The first-order valence-corrected chi connectivity index (χ1v) is 40.0. The van der Waals surface area contributed by atoms with Gasteiger partial charge in [-0.15, -0.1) is 0 Å². The highest BCUT2D eigenvalue weighted by Crippen LogP contribution is 2.38. The van der Waals surface area contributed by atoms with Crippen molar-refractivity contribution in [1.82, 2.24) is 0 Å². The standard InChI is InChI=1S/C84H144NO8P/c1-6-8-10-12-14-16-18-20-22-24-26-28-30-32-34-36-38-40-41-42-43-45-47-49-51-53-55-57-59-61-63-65-67-69-71-73-75-77-84(87)93-82(81-92-94(88,89)91-79-78-85(3,4)5)80-90-83(86)76-74-72-70-68-66-64-62-60-58-56-54-52-50-48-46-44-39-37-35-33-31-29-27-25-23-21-19-17-15-13-11-9-7-2/h8-11,14-17,20-23,26-29,32-35,38,40,42-43,82H,6-7,12-13,18-19,24-25,30-31,36-37,39,41,44-81H2,1-5H3/b10-8-,11-9-,16-14-,17-15-,22-20-,23-21-,28-26-,29-27-,34-32-,35-33-,40-38-,43-42-. The Labute approximate surface area is 580 Å². The fourth-order valence-electron chi connectivity index (χ4n) is 10.5. The Hall–Kier alpha value is -4.11. The van der Waals surface area contributed by atoms with Gasteiger partial charge in [0.2, 0.25) is 0 Å². The number of nitrogens with zero attached hydrogens (tertiary/aromatic N) is 1. The largest absolute Gasteiger partial charge is 0.756 e. The van der Waals surface area contributed by atoms with Crippen molar-refractivity contribution in [3.8, 4) is 0 Å². The number of carbonyl (C=O) groups excluding carboxylic acids is 2. The van der Waals surface area contributed by atoms with Crippen molar-refractivity contribution in [2.24, 2.45) is 0 Å². The summed E-state index contributed by atoms with van der Waals surface area (Å²) in [6, 6.07) is 0. The lowest BCUT2D eigenvalue weighted by molar-refractivity contribution is -0.870. The molecule has 0 N–H and O–H groups in total. The van der Waals surface area contributed by atoms with Gasteiger partial charge in [-0.25, -0.2) is 0 Å². The normalized spacial score (nSPS) is 13.9. The number of ether oxygens (including phenoxy) is 2. The van der Waals surface area contributed by atoms with Gasteiger partial charge in [0.15, 0.2) is 6.10 Å². The van der Waals surface area contributed by atoms with Crippen LogP contribution >= 0.6 is 7.82 Å². The van der Waals surface area contributed by atoms with Gasteiger partial charge in [0, 0.05) is 12.8 Å². The zero-order chi connectivity index (χ0) is 68.3. The summed E-state index contributed by atoms with van der Waals surface area (Å²) >= 11 is 0. The lowest BCUT2D eigenvalue weighted by Crippen LogP contribution is -2.37. The highest BCUT2D eigenvalue weighted by atomic mass is 31.2. The van der Waals surface area contributed by atoms with Gasteiger partial charge in [-0.05, 0) is 116 Å². The molecule has 0 aliphatic carbocycles. The van der Waals surface area contributed by atoms with Gasteiger partial charge >= 0.3 is 11.9 Å². The molecule has 0 aromatic rings. The van der Waals surface area contributed by atoms with E-state index in [1.165, 1.54) is 173 Å². The number of rotatable bonds is 70. The van der Waals surface area contributed by atoms with Crippen LogP contribution in [0.3, 0.4) is 0 Å². The Balaban J connectivity index is 4.01. The van der Waals surface area contributed by atoms with Gasteiger partial charge in [0.25, 0.3) is 7.82 Å². The second kappa shape index (κ2) is 73.1. The number of esters is 2. The Kier molecular flexibility index (Phi) is 69.9. The maximum Gasteiger partial charge on any atom is 0.306 e. The first kappa shape index (κ1) is 89.9. The molecule has 0 aliphatic rings. The highest BCUT2D eigenvalue weighted by molar-refractivity contribution is 7.45. The molecule has 2 atom stereocenters. The number of hydrogen-bond donors (Lipinski definition) is 0. The van der Waals surface area contributed by atoms with Gasteiger partial charge < -0.3 is 27.9 Å². The first-order valence-electron chi connectivity index (χ1n) is 38.5. The van der Waals surface area contributed by atoms with Gasteiger partial charge in [-0.1, -0.05) is 339 Å². The molecule has 538 valence electrons. The molecule has 0 saturated carbocycles. The summed E-state index contributed by atoms with van der Waals surface area (Å²) in [5, 5.41) is 0. The molecular formula is C84H144NO8P. The van der Waals surface area contributed by atoms with Gasteiger partial charge in [0.1, 0.15) is 19.8 Å². The minimum Gasteiger partial charge on any atom is -0.756 e. The number of unbranched alkanes of at least 4 members (excludes halogenated alkanes) is 32. The highest BCUT2D eigenvalue weighted by Gasteiger charge is 2.22. The summed E-state index contributed by atoms with van der Waals surface area (Å²) in [5.74, 6) is -0.828. The first-order chi connectivity index (χ1) is 46.0. The van der Waals surface area contributed by atoms with Gasteiger partial charge in [-0.3, -0.25) is 14.2 Å². The van der Waals surface area contributed by atoms with Crippen LogP contribution in [-0.4, -0.2) is 70.0 Å². The molecule has 0 aliphatic heterocycles. The molecule has 0 amide bonds. The Morgan fingerprint density at radius 1 is 0.330 bits per heavy atom. The average molecular weight is 1330 g/mol. The molecule has 10 heteroatoms. The molecule has 0 radical (unpaired) electrons. The van der Waals surface area contributed by atoms with Gasteiger partial charge in [0.05, 0.1) is 27.7 Å². The number of quaternary nitrogens is 1.